The first-order chi connectivity index (χ1) is 15.5. The van der Waals surface area contributed by atoms with Crippen LogP contribution in [0.2, 0.25) is 0 Å². The molecule has 0 unspecified atom stereocenters. The van der Waals surface area contributed by atoms with E-state index >= 15 is 0 Å². The summed E-state index contributed by atoms with van der Waals surface area (Å²) in [5.74, 6) is 3.10. The second-order valence-corrected chi connectivity index (χ2v) is 8.40. The summed E-state index contributed by atoms with van der Waals surface area (Å²) < 4.78 is 11.8. The Labute approximate surface area is 190 Å². The Hall–Kier alpha value is -3.32. The molecule has 0 aliphatic carbocycles. The first kappa shape index (κ1) is 21.9. The highest BCUT2D eigenvalue weighted by Crippen LogP contribution is 2.26. The van der Waals surface area contributed by atoms with Gasteiger partial charge < -0.3 is 24.6 Å². The molecule has 0 amide bonds. The molecule has 168 valence electrons. The summed E-state index contributed by atoms with van der Waals surface area (Å²) in [6.07, 6.45) is 0.278. The predicted octanol–water partition coefficient (Wildman–Crippen LogP) is 4.48. The molecule has 4 rings (SSSR count). The third-order valence-corrected chi connectivity index (χ3v) is 5.22. The third-order valence-electron chi connectivity index (χ3n) is 5.22. The van der Waals surface area contributed by atoms with E-state index in [4.69, 9.17) is 19.4 Å². The van der Waals surface area contributed by atoms with Gasteiger partial charge in [-0.05, 0) is 31.5 Å². The Bertz CT molecular complexity index is 1020. The number of benzene rings is 2. The minimum Gasteiger partial charge on any atom is -0.489 e. The van der Waals surface area contributed by atoms with Crippen molar-refractivity contribution in [2.45, 2.75) is 32.7 Å². The van der Waals surface area contributed by atoms with E-state index in [1.54, 1.807) is 0 Å². The average molecular weight is 434 g/mol. The van der Waals surface area contributed by atoms with Gasteiger partial charge in [0.2, 0.25) is 5.95 Å². The van der Waals surface area contributed by atoms with Crippen LogP contribution in [-0.4, -0.2) is 49.4 Å². The van der Waals surface area contributed by atoms with Crippen LogP contribution in [-0.2, 0) is 11.3 Å². The van der Waals surface area contributed by atoms with Crippen molar-refractivity contribution in [1.29, 1.82) is 0 Å². The highest BCUT2D eigenvalue weighted by atomic mass is 16.5. The molecule has 0 radical (unpaired) electrons. The summed E-state index contributed by atoms with van der Waals surface area (Å²) in [7, 11) is 3.97. The Kier molecular flexibility index (Phi) is 6.75. The number of hydrogen-bond acceptors (Lipinski definition) is 7. The number of ether oxygens (including phenoxy) is 2. The largest absolute Gasteiger partial charge is 0.489 e. The zero-order valence-corrected chi connectivity index (χ0v) is 19.2. The van der Waals surface area contributed by atoms with E-state index in [0.29, 0.717) is 12.6 Å². The normalized spacial score (nSPS) is 18.3. The molecule has 0 bridgehead atoms. The van der Waals surface area contributed by atoms with E-state index in [0.717, 1.165) is 41.7 Å². The molecule has 32 heavy (non-hydrogen) atoms. The lowest BCUT2D eigenvalue weighted by molar-refractivity contribution is -0.00570. The summed E-state index contributed by atoms with van der Waals surface area (Å²) in [6.45, 7) is 6.23. The third kappa shape index (κ3) is 5.68. The first-order valence-electron chi connectivity index (χ1n) is 11.0. The van der Waals surface area contributed by atoms with Gasteiger partial charge in [0.1, 0.15) is 24.0 Å². The van der Waals surface area contributed by atoms with Gasteiger partial charge in [-0.15, -0.1) is 0 Å². The average Bonchev–Trinajstić information content (AvgIpc) is 2.78. The van der Waals surface area contributed by atoms with Crippen LogP contribution in [0.25, 0.3) is 0 Å². The van der Waals surface area contributed by atoms with Crippen molar-refractivity contribution in [2.75, 3.05) is 42.3 Å². The van der Waals surface area contributed by atoms with Gasteiger partial charge in [0.05, 0.1) is 12.2 Å². The van der Waals surface area contributed by atoms with Crippen LogP contribution in [0.3, 0.4) is 0 Å². The topological polar surface area (TPSA) is 62.8 Å². The number of morpholine rings is 1. The van der Waals surface area contributed by atoms with Crippen LogP contribution >= 0.6 is 0 Å². The van der Waals surface area contributed by atoms with E-state index in [2.05, 4.69) is 36.2 Å². The molecule has 2 heterocycles. The number of nitrogens with zero attached hydrogens (tertiary/aromatic N) is 4. The van der Waals surface area contributed by atoms with Gasteiger partial charge >= 0.3 is 0 Å². The molecule has 3 aromatic rings. The maximum atomic E-state index is 5.97. The number of anilines is 4. The van der Waals surface area contributed by atoms with Crippen LogP contribution < -0.4 is 19.9 Å². The van der Waals surface area contributed by atoms with E-state index in [1.165, 1.54) is 0 Å². The number of aromatic nitrogens is 2. The van der Waals surface area contributed by atoms with Gasteiger partial charge in [0.25, 0.3) is 0 Å². The van der Waals surface area contributed by atoms with Gasteiger partial charge in [-0.25, -0.2) is 0 Å². The number of hydrogen-bond donors (Lipinski definition) is 1. The molecule has 7 heteroatoms. The Morgan fingerprint density at radius 2 is 1.75 bits per heavy atom. The van der Waals surface area contributed by atoms with Crippen LogP contribution in [0, 0.1) is 0 Å². The van der Waals surface area contributed by atoms with Crippen molar-refractivity contribution in [3.05, 3.63) is 66.2 Å². The summed E-state index contributed by atoms with van der Waals surface area (Å²) >= 11 is 0. The molecular weight excluding hydrogens is 402 g/mol. The summed E-state index contributed by atoms with van der Waals surface area (Å²) in [4.78, 5) is 13.8. The number of nitrogens with one attached hydrogen (secondary N) is 1. The highest BCUT2D eigenvalue weighted by Gasteiger charge is 2.25. The van der Waals surface area contributed by atoms with Crippen LogP contribution in [0.1, 0.15) is 19.4 Å². The Morgan fingerprint density at radius 1 is 1.00 bits per heavy atom. The predicted molar refractivity (Wildman–Crippen MR) is 129 cm³/mol. The molecule has 1 aromatic heterocycles. The van der Waals surface area contributed by atoms with E-state index in [9.17, 15) is 0 Å². The first-order valence-corrected chi connectivity index (χ1v) is 11.0. The second-order valence-electron chi connectivity index (χ2n) is 8.40. The van der Waals surface area contributed by atoms with E-state index in [1.807, 2.05) is 67.5 Å². The summed E-state index contributed by atoms with van der Waals surface area (Å²) in [6, 6.07) is 20.0. The van der Waals surface area contributed by atoms with Crippen molar-refractivity contribution in [1.82, 2.24) is 9.97 Å². The maximum absolute atomic E-state index is 5.97. The van der Waals surface area contributed by atoms with Crippen molar-refractivity contribution >= 4 is 23.3 Å². The van der Waals surface area contributed by atoms with Crippen LogP contribution in [0.5, 0.6) is 5.75 Å². The number of rotatable bonds is 7. The van der Waals surface area contributed by atoms with Gasteiger partial charge in [-0.3, -0.25) is 0 Å². The molecular formula is C25H31N5O2. The lowest BCUT2D eigenvalue weighted by Gasteiger charge is -2.35. The highest BCUT2D eigenvalue weighted by molar-refractivity contribution is 5.63. The molecule has 2 atom stereocenters. The molecule has 0 saturated carbocycles. The zero-order chi connectivity index (χ0) is 22.5. The quantitative estimate of drug-likeness (QED) is 0.589. The van der Waals surface area contributed by atoms with Gasteiger partial charge in [0, 0.05) is 45.0 Å². The smallest absolute Gasteiger partial charge is 0.229 e. The molecule has 1 N–H and O–H groups in total. The van der Waals surface area contributed by atoms with Crippen LogP contribution in [0.15, 0.2) is 60.7 Å². The van der Waals surface area contributed by atoms with Crippen molar-refractivity contribution in [3.63, 3.8) is 0 Å². The monoisotopic (exact) mass is 433 g/mol. The molecule has 2 aromatic carbocycles. The van der Waals surface area contributed by atoms with Crippen molar-refractivity contribution in [2.24, 2.45) is 0 Å². The van der Waals surface area contributed by atoms with Crippen molar-refractivity contribution < 1.29 is 9.47 Å². The standard InChI is InChI=1S/C25H31N5O2/c1-18-15-30(16-19(2)32-18)25-27-23(14-24(28-25)29(3)4)26-21-11-8-12-22(13-21)31-17-20-9-6-5-7-10-20/h5-14,18-19H,15-17H2,1-4H3,(H,26,27,28)/t18-,19+. The molecule has 0 spiro atoms. The zero-order valence-electron chi connectivity index (χ0n) is 19.2. The molecule has 1 saturated heterocycles. The summed E-state index contributed by atoms with van der Waals surface area (Å²) in [5, 5.41) is 3.42. The van der Waals surface area contributed by atoms with E-state index < -0.39 is 0 Å². The Balaban J connectivity index is 1.52. The minimum absolute atomic E-state index is 0.139. The lowest BCUT2D eigenvalue weighted by Crippen LogP contribution is -2.46. The fourth-order valence-electron chi connectivity index (χ4n) is 3.75. The maximum Gasteiger partial charge on any atom is 0.229 e. The summed E-state index contributed by atoms with van der Waals surface area (Å²) in [5.41, 5.74) is 2.05. The van der Waals surface area contributed by atoms with E-state index in [-0.39, 0.29) is 12.2 Å². The second kappa shape index (κ2) is 9.87. The van der Waals surface area contributed by atoms with Crippen LogP contribution in [0.4, 0.5) is 23.3 Å². The van der Waals surface area contributed by atoms with Gasteiger partial charge in [-0.1, -0.05) is 36.4 Å². The fraction of sp³-hybridized carbons (Fsp3) is 0.360. The van der Waals surface area contributed by atoms with Gasteiger partial charge in [0.15, 0.2) is 0 Å². The molecule has 7 nitrogen and oxygen atoms in total. The lowest BCUT2D eigenvalue weighted by atomic mass is 10.2. The molecule has 1 aliphatic heterocycles. The minimum atomic E-state index is 0.139. The fourth-order valence-corrected chi connectivity index (χ4v) is 3.75. The Morgan fingerprint density at radius 3 is 2.47 bits per heavy atom. The van der Waals surface area contributed by atoms with Gasteiger partial charge in [-0.2, -0.15) is 9.97 Å². The molecule has 1 fully saturated rings. The SMILES string of the molecule is C[C@@H]1CN(c2nc(Nc3cccc(OCc4ccccc4)c3)cc(N(C)C)n2)C[C@H](C)O1. The molecule has 1 aliphatic rings. The van der Waals surface area contributed by atoms with Crippen molar-refractivity contribution in [3.8, 4) is 5.75 Å².